The van der Waals surface area contributed by atoms with Crippen LogP contribution in [0.25, 0.3) is 11.1 Å². The molecular weight excluding hydrogens is 248 g/mol. The molecule has 2 aliphatic rings. The summed E-state index contributed by atoms with van der Waals surface area (Å²) in [4.78, 5) is 12.0. The van der Waals surface area contributed by atoms with Crippen molar-refractivity contribution in [2.45, 2.75) is 39.5 Å². The highest BCUT2D eigenvalue weighted by Crippen LogP contribution is 2.35. The monoisotopic (exact) mass is 270 g/mol. The molecule has 20 heavy (non-hydrogen) atoms. The Kier molecular flexibility index (Phi) is 4.43. The SMILES string of the molecule is CCCc1cc(C(=O)OC)c2cc(C(C)C)cccc1-2. The van der Waals surface area contributed by atoms with Crippen LogP contribution < -0.4 is 0 Å². The molecule has 2 aliphatic carbocycles. The average molecular weight is 270 g/mol. The molecule has 0 radical (unpaired) electrons. The van der Waals surface area contributed by atoms with Gasteiger partial charge in [-0.05, 0) is 40.7 Å². The molecule has 0 N–H and O–H groups in total. The summed E-state index contributed by atoms with van der Waals surface area (Å²) in [5.74, 6) is 0.180. The molecule has 2 rings (SSSR count). The second kappa shape index (κ2) is 6.08. The Morgan fingerprint density at radius 2 is 1.95 bits per heavy atom. The molecule has 0 fully saturated rings. The number of carbonyl (C=O) groups excluding carboxylic acids is 1. The standard InChI is InChI=1S/C18H22O2/c1-5-7-14-11-17(18(19)20-4)16-10-13(12(2)3)8-6-9-15(14)16/h6,8-12H,5,7H2,1-4H3. The molecule has 0 heterocycles. The molecule has 0 bridgehead atoms. The Bertz CT molecular complexity index is 584. The van der Waals surface area contributed by atoms with Gasteiger partial charge in [-0.25, -0.2) is 4.79 Å². The number of rotatable bonds is 4. The number of methoxy groups -OCH3 is 1. The van der Waals surface area contributed by atoms with E-state index in [0.29, 0.717) is 11.5 Å². The summed E-state index contributed by atoms with van der Waals surface area (Å²) in [5.41, 5.74) is 5.32. The summed E-state index contributed by atoms with van der Waals surface area (Å²) in [5, 5.41) is 0. The zero-order valence-electron chi connectivity index (χ0n) is 12.7. The molecule has 0 unspecified atom stereocenters. The molecular formula is C18H22O2. The number of ether oxygens (including phenoxy) is 1. The lowest BCUT2D eigenvalue weighted by Crippen LogP contribution is -2.00. The number of hydrogen-bond acceptors (Lipinski definition) is 2. The Morgan fingerprint density at radius 3 is 2.55 bits per heavy atom. The number of hydrogen-bond donors (Lipinski definition) is 0. The van der Waals surface area contributed by atoms with Crippen molar-refractivity contribution in [2.75, 3.05) is 7.11 Å². The van der Waals surface area contributed by atoms with Crippen molar-refractivity contribution in [1.82, 2.24) is 0 Å². The Labute approximate surface area is 121 Å². The van der Waals surface area contributed by atoms with E-state index in [1.807, 2.05) is 6.07 Å². The Hall–Kier alpha value is -1.83. The van der Waals surface area contributed by atoms with Crippen molar-refractivity contribution < 1.29 is 9.53 Å². The highest BCUT2D eigenvalue weighted by Gasteiger charge is 2.20. The van der Waals surface area contributed by atoms with Crippen LogP contribution in [-0.2, 0) is 11.2 Å². The van der Waals surface area contributed by atoms with E-state index in [0.717, 1.165) is 18.4 Å². The first-order valence-corrected chi connectivity index (χ1v) is 7.22. The highest BCUT2D eigenvalue weighted by molar-refractivity contribution is 6.00. The minimum absolute atomic E-state index is 0.252. The largest absolute Gasteiger partial charge is 0.465 e. The van der Waals surface area contributed by atoms with Gasteiger partial charge in [0.25, 0.3) is 0 Å². The summed E-state index contributed by atoms with van der Waals surface area (Å²) in [6, 6.07) is 10.4. The summed E-state index contributed by atoms with van der Waals surface area (Å²) >= 11 is 0. The van der Waals surface area contributed by atoms with E-state index in [9.17, 15) is 4.79 Å². The van der Waals surface area contributed by atoms with E-state index >= 15 is 0 Å². The average Bonchev–Trinajstić information content (AvgIpc) is 2.63. The van der Waals surface area contributed by atoms with Crippen LogP contribution in [0.15, 0.2) is 30.3 Å². The maximum atomic E-state index is 12.0. The minimum Gasteiger partial charge on any atom is -0.465 e. The van der Waals surface area contributed by atoms with Crippen LogP contribution in [0.2, 0.25) is 0 Å². The zero-order valence-corrected chi connectivity index (χ0v) is 12.7. The fourth-order valence-corrected chi connectivity index (χ4v) is 2.58. The van der Waals surface area contributed by atoms with Crippen LogP contribution in [0.5, 0.6) is 0 Å². The van der Waals surface area contributed by atoms with E-state index in [1.165, 1.54) is 23.8 Å². The number of aryl methyl sites for hydroxylation is 1. The molecule has 0 spiro atoms. The van der Waals surface area contributed by atoms with Gasteiger partial charge in [0.15, 0.2) is 0 Å². The van der Waals surface area contributed by atoms with Crippen molar-refractivity contribution in [3.05, 3.63) is 47.0 Å². The van der Waals surface area contributed by atoms with E-state index in [1.54, 1.807) is 0 Å². The molecule has 0 aromatic carbocycles. The maximum absolute atomic E-state index is 12.0. The van der Waals surface area contributed by atoms with E-state index in [-0.39, 0.29) is 5.97 Å². The first kappa shape index (κ1) is 14.6. The van der Waals surface area contributed by atoms with E-state index in [4.69, 9.17) is 4.74 Å². The van der Waals surface area contributed by atoms with Crippen LogP contribution in [0.4, 0.5) is 0 Å². The van der Waals surface area contributed by atoms with Crippen LogP contribution in [0.3, 0.4) is 0 Å². The maximum Gasteiger partial charge on any atom is 0.338 e. The molecule has 0 saturated heterocycles. The molecule has 2 nitrogen and oxygen atoms in total. The molecule has 0 aliphatic heterocycles. The molecule has 0 aromatic heterocycles. The quantitative estimate of drug-likeness (QED) is 0.756. The summed E-state index contributed by atoms with van der Waals surface area (Å²) in [6.45, 7) is 6.48. The number of carbonyl (C=O) groups is 1. The lowest BCUT2D eigenvalue weighted by atomic mass is 10.0. The van der Waals surface area contributed by atoms with Crippen LogP contribution in [-0.4, -0.2) is 13.1 Å². The Morgan fingerprint density at radius 1 is 1.20 bits per heavy atom. The van der Waals surface area contributed by atoms with Gasteiger partial charge in [0.05, 0.1) is 12.7 Å². The van der Waals surface area contributed by atoms with Crippen LogP contribution in [0, 0.1) is 0 Å². The van der Waals surface area contributed by atoms with Gasteiger partial charge in [0, 0.05) is 0 Å². The molecule has 0 atom stereocenters. The minimum atomic E-state index is -0.252. The zero-order chi connectivity index (χ0) is 14.7. The smallest absolute Gasteiger partial charge is 0.338 e. The number of esters is 1. The van der Waals surface area contributed by atoms with Gasteiger partial charge in [-0.15, -0.1) is 0 Å². The highest BCUT2D eigenvalue weighted by atomic mass is 16.5. The molecule has 106 valence electrons. The van der Waals surface area contributed by atoms with Crippen molar-refractivity contribution in [3.63, 3.8) is 0 Å². The fraction of sp³-hybridized carbons (Fsp3) is 0.389. The van der Waals surface area contributed by atoms with Gasteiger partial charge >= 0.3 is 5.97 Å². The molecule has 0 amide bonds. The van der Waals surface area contributed by atoms with Gasteiger partial charge in [-0.3, -0.25) is 0 Å². The Balaban J connectivity index is 2.66. The summed E-state index contributed by atoms with van der Waals surface area (Å²) < 4.78 is 4.93. The predicted octanol–water partition coefficient (Wildman–Crippen LogP) is 4.65. The first-order valence-electron chi connectivity index (χ1n) is 7.22. The van der Waals surface area contributed by atoms with Gasteiger partial charge in [0.2, 0.25) is 0 Å². The van der Waals surface area contributed by atoms with Gasteiger partial charge in [0.1, 0.15) is 0 Å². The topological polar surface area (TPSA) is 26.3 Å². The molecule has 0 aromatic rings. The van der Waals surface area contributed by atoms with Gasteiger partial charge in [-0.2, -0.15) is 0 Å². The van der Waals surface area contributed by atoms with E-state index in [2.05, 4.69) is 45.0 Å². The van der Waals surface area contributed by atoms with E-state index < -0.39 is 0 Å². The third-order valence-electron chi connectivity index (χ3n) is 3.70. The lowest BCUT2D eigenvalue weighted by molar-refractivity contribution is 0.0602. The lowest BCUT2D eigenvalue weighted by Gasteiger charge is -2.04. The number of fused-ring (bicyclic) bond motifs is 1. The summed E-state index contributed by atoms with van der Waals surface area (Å²) in [7, 11) is 1.44. The predicted molar refractivity (Wildman–Crippen MR) is 82.5 cm³/mol. The van der Waals surface area contributed by atoms with Crippen molar-refractivity contribution >= 4 is 5.97 Å². The second-order valence-corrected chi connectivity index (χ2v) is 5.48. The van der Waals surface area contributed by atoms with Crippen LogP contribution in [0.1, 0.15) is 54.6 Å². The molecule has 0 saturated carbocycles. The van der Waals surface area contributed by atoms with Crippen molar-refractivity contribution in [1.29, 1.82) is 0 Å². The first-order chi connectivity index (χ1) is 9.58. The molecule has 2 heteroatoms. The third-order valence-corrected chi connectivity index (χ3v) is 3.70. The van der Waals surface area contributed by atoms with Crippen molar-refractivity contribution in [2.24, 2.45) is 0 Å². The van der Waals surface area contributed by atoms with Crippen molar-refractivity contribution in [3.8, 4) is 11.1 Å². The summed E-state index contributed by atoms with van der Waals surface area (Å²) in [6.07, 6.45) is 2.05. The van der Waals surface area contributed by atoms with Gasteiger partial charge in [-0.1, -0.05) is 51.5 Å². The van der Waals surface area contributed by atoms with Crippen LogP contribution >= 0.6 is 0 Å². The third kappa shape index (κ3) is 2.69. The second-order valence-electron chi connectivity index (χ2n) is 5.48. The van der Waals surface area contributed by atoms with Gasteiger partial charge < -0.3 is 4.74 Å². The normalized spacial score (nSPS) is 11.1. The fourth-order valence-electron chi connectivity index (χ4n) is 2.58.